The number of piperidine rings is 1. The van der Waals surface area contributed by atoms with Crippen LogP contribution in [0.2, 0.25) is 0 Å². The zero-order chi connectivity index (χ0) is 22.0. The summed E-state index contributed by atoms with van der Waals surface area (Å²) in [5, 5.41) is 4.36. The fraction of sp³-hybridized carbons (Fsp3) is 0.409. The molecule has 0 amide bonds. The summed E-state index contributed by atoms with van der Waals surface area (Å²) in [7, 11) is 1.74. The SMILES string of the molecule is COCCC1CCN(c2cc(C)c(-c3ncn(-c4cc(F)cc(F)c4)n3)c(N)n2)CC1. The molecule has 0 unspecified atom stereocenters. The van der Waals surface area contributed by atoms with Crippen LogP contribution in [-0.4, -0.2) is 46.6 Å². The van der Waals surface area contributed by atoms with Gasteiger partial charge >= 0.3 is 0 Å². The van der Waals surface area contributed by atoms with Gasteiger partial charge in [-0.15, -0.1) is 5.10 Å². The van der Waals surface area contributed by atoms with Crippen molar-refractivity contribution in [3.8, 4) is 17.1 Å². The number of nitrogens with two attached hydrogens (primary N) is 1. The van der Waals surface area contributed by atoms with E-state index in [0.717, 1.165) is 56.4 Å². The number of hydrogen-bond acceptors (Lipinski definition) is 6. The molecule has 0 aliphatic carbocycles. The highest BCUT2D eigenvalue weighted by atomic mass is 19.1. The van der Waals surface area contributed by atoms with E-state index in [4.69, 9.17) is 10.5 Å². The summed E-state index contributed by atoms with van der Waals surface area (Å²) in [6.45, 7) is 4.59. The molecule has 4 rings (SSSR count). The van der Waals surface area contributed by atoms with Crippen LogP contribution in [0, 0.1) is 24.5 Å². The Balaban J connectivity index is 1.54. The summed E-state index contributed by atoms with van der Waals surface area (Å²) >= 11 is 0. The maximum absolute atomic E-state index is 13.5. The molecule has 1 aliphatic rings. The van der Waals surface area contributed by atoms with Gasteiger partial charge in [-0.2, -0.15) is 0 Å². The Morgan fingerprint density at radius 1 is 1.13 bits per heavy atom. The highest BCUT2D eigenvalue weighted by Gasteiger charge is 2.22. The molecule has 1 aromatic carbocycles. The maximum atomic E-state index is 13.5. The number of anilines is 2. The van der Waals surface area contributed by atoms with Gasteiger partial charge in [0.1, 0.15) is 29.6 Å². The highest BCUT2D eigenvalue weighted by molar-refractivity contribution is 5.74. The fourth-order valence-corrected chi connectivity index (χ4v) is 4.04. The molecule has 7 nitrogen and oxygen atoms in total. The number of aryl methyl sites for hydroxylation is 1. The fourth-order valence-electron chi connectivity index (χ4n) is 4.04. The first-order chi connectivity index (χ1) is 14.9. The Morgan fingerprint density at radius 2 is 1.84 bits per heavy atom. The lowest BCUT2D eigenvalue weighted by Gasteiger charge is -2.33. The molecule has 3 aromatic rings. The van der Waals surface area contributed by atoms with Crippen molar-refractivity contribution in [2.24, 2.45) is 5.92 Å². The lowest BCUT2D eigenvalue weighted by molar-refractivity contribution is 0.170. The zero-order valence-corrected chi connectivity index (χ0v) is 17.7. The smallest absolute Gasteiger partial charge is 0.185 e. The normalized spacial score (nSPS) is 14.9. The number of benzene rings is 1. The Bertz CT molecular complexity index is 1020. The molecule has 3 heterocycles. The van der Waals surface area contributed by atoms with Gasteiger partial charge in [0.2, 0.25) is 0 Å². The second-order valence-electron chi connectivity index (χ2n) is 7.91. The average molecular weight is 428 g/mol. The molecule has 0 bridgehead atoms. The molecular formula is C22H26F2N6O. The standard InChI is InChI=1S/C22H26F2N6O/c1-14-9-19(29-6-3-15(4-7-29)5-8-31-2)27-21(25)20(14)22-26-13-30(28-22)18-11-16(23)10-17(24)12-18/h9-13,15H,3-8H2,1-2H3,(H2,25,27). The zero-order valence-electron chi connectivity index (χ0n) is 17.7. The number of rotatable bonds is 6. The van der Waals surface area contributed by atoms with Crippen LogP contribution in [0.5, 0.6) is 0 Å². The van der Waals surface area contributed by atoms with E-state index in [1.807, 2.05) is 13.0 Å². The predicted molar refractivity (Wildman–Crippen MR) is 115 cm³/mol. The monoisotopic (exact) mass is 428 g/mol. The second kappa shape index (κ2) is 8.97. The summed E-state index contributed by atoms with van der Waals surface area (Å²) in [5.41, 5.74) is 8.05. The number of ether oxygens (including phenoxy) is 1. The van der Waals surface area contributed by atoms with Crippen LogP contribution < -0.4 is 10.6 Å². The number of nitrogens with zero attached hydrogens (tertiary/aromatic N) is 5. The summed E-state index contributed by atoms with van der Waals surface area (Å²) in [6, 6.07) is 5.18. The largest absolute Gasteiger partial charge is 0.385 e. The van der Waals surface area contributed by atoms with E-state index in [-0.39, 0.29) is 5.69 Å². The Kier molecular flexibility index (Phi) is 6.13. The molecule has 164 valence electrons. The van der Waals surface area contributed by atoms with Crippen LogP contribution in [-0.2, 0) is 4.74 Å². The molecule has 0 spiro atoms. The van der Waals surface area contributed by atoms with Crippen molar-refractivity contribution in [3.63, 3.8) is 0 Å². The van der Waals surface area contributed by atoms with Crippen molar-refractivity contribution < 1.29 is 13.5 Å². The third-order valence-electron chi connectivity index (χ3n) is 5.73. The van der Waals surface area contributed by atoms with Crippen molar-refractivity contribution in [2.75, 3.05) is 37.4 Å². The predicted octanol–water partition coefficient (Wildman–Crippen LogP) is 3.75. The topological polar surface area (TPSA) is 82.1 Å². The molecule has 9 heteroatoms. The van der Waals surface area contributed by atoms with Crippen LogP contribution in [0.4, 0.5) is 20.4 Å². The van der Waals surface area contributed by atoms with E-state index in [1.54, 1.807) is 7.11 Å². The minimum atomic E-state index is -0.681. The molecule has 1 saturated heterocycles. The van der Waals surface area contributed by atoms with E-state index in [0.29, 0.717) is 23.1 Å². The minimum Gasteiger partial charge on any atom is -0.385 e. The van der Waals surface area contributed by atoms with Gasteiger partial charge in [-0.05, 0) is 55.9 Å². The molecule has 2 aromatic heterocycles. The van der Waals surface area contributed by atoms with Gasteiger partial charge in [0.25, 0.3) is 0 Å². The number of hydrogen-bond donors (Lipinski definition) is 1. The van der Waals surface area contributed by atoms with E-state index in [9.17, 15) is 8.78 Å². The number of methoxy groups -OCH3 is 1. The van der Waals surface area contributed by atoms with Crippen molar-refractivity contribution in [1.82, 2.24) is 19.7 Å². The number of nitrogen functional groups attached to an aromatic ring is 1. The highest BCUT2D eigenvalue weighted by Crippen LogP contribution is 2.31. The number of aromatic nitrogens is 4. The van der Waals surface area contributed by atoms with E-state index in [1.165, 1.54) is 23.1 Å². The summed E-state index contributed by atoms with van der Waals surface area (Å²) in [5.74, 6) is 0.849. The van der Waals surface area contributed by atoms with E-state index < -0.39 is 11.6 Å². The van der Waals surface area contributed by atoms with Crippen LogP contribution in [0.3, 0.4) is 0 Å². The van der Waals surface area contributed by atoms with Gasteiger partial charge in [-0.1, -0.05) is 0 Å². The molecule has 0 saturated carbocycles. The van der Waals surface area contributed by atoms with Crippen LogP contribution in [0.1, 0.15) is 24.8 Å². The van der Waals surface area contributed by atoms with Crippen LogP contribution >= 0.6 is 0 Å². The summed E-state index contributed by atoms with van der Waals surface area (Å²) in [4.78, 5) is 11.1. The third-order valence-corrected chi connectivity index (χ3v) is 5.73. The van der Waals surface area contributed by atoms with Gasteiger partial charge in [0, 0.05) is 32.9 Å². The molecule has 2 N–H and O–H groups in total. The minimum absolute atomic E-state index is 0.244. The molecule has 1 aliphatic heterocycles. The number of halogens is 2. The average Bonchev–Trinajstić information content (AvgIpc) is 3.21. The van der Waals surface area contributed by atoms with Gasteiger partial charge < -0.3 is 15.4 Å². The molecule has 31 heavy (non-hydrogen) atoms. The van der Waals surface area contributed by atoms with E-state index >= 15 is 0 Å². The molecular weight excluding hydrogens is 402 g/mol. The van der Waals surface area contributed by atoms with Crippen molar-refractivity contribution in [3.05, 3.63) is 47.8 Å². The van der Waals surface area contributed by atoms with Gasteiger partial charge in [-0.3, -0.25) is 0 Å². The molecule has 0 radical (unpaired) electrons. The maximum Gasteiger partial charge on any atom is 0.185 e. The Labute approximate surface area is 179 Å². The quantitative estimate of drug-likeness (QED) is 0.644. The second-order valence-corrected chi connectivity index (χ2v) is 7.91. The van der Waals surface area contributed by atoms with Crippen LogP contribution in [0.25, 0.3) is 17.1 Å². The van der Waals surface area contributed by atoms with Crippen molar-refractivity contribution >= 4 is 11.6 Å². The summed E-state index contributed by atoms with van der Waals surface area (Å²) < 4.78 is 33.6. The van der Waals surface area contributed by atoms with Crippen LogP contribution in [0.15, 0.2) is 30.6 Å². The van der Waals surface area contributed by atoms with Gasteiger partial charge in [0.05, 0.1) is 11.3 Å². The Hall–Kier alpha value is -3.07. The lowest BCUT2D eigenvalue weighted by atomic mass is 9.94. The lowest BCUT2D eigenvalue weighted by Crippen LogP contribution is -2.34. The van der Waals surface area contributed by atoms with Crippen molar-refractivity contribution in [1.29, 1.82) is 0 Å². The first kappa shape index (κ1) is 21.2. The number of pyridine rings is 1. The molecule has 0 atom stereocenters. The molecule has 1 fully saturated rings. The van der Waals surface area contributed by atoms with Gasteiger partial charge in [0.15, 0.2) is 5.82 Å². The van der Waals surface area contributed by atoms with E-state index in [2.05, 4.69) is 20.0 Å². The Morgan fingerprint density at radius 3 is 2.48 bits per heavy atom. The first-order valence-corrected chi connectivity index (χ1v) is 10.3. The third kappa shape index (κ3) is 4.66. The van der Waals surface area contributed by atoms with Gasteiger partial charge in [-0.25, -0.2) is 23.4 Å². The van der Waals surface area contributed by atoms with Crippen molar-refractivity contribution in [2.45, 2.75) is 26.2 Å². The first-order valence-electron chi connectivity index (χ1n) is 10.3. The summed E-state index contributed by atoms with van der Waals surface area (Å²) in [6.07, 6.45) is 4.69.